The van der Waals surface area contributed by atoms with E-state index in [1.165, 1.54) is 5.56 Å². The Morgan fingerprint density at radius 3 is 2.88 bits per heavy atom. The van der Waals surface area contributed by atoms with Crippen LogP contribution in [0.2, 0.25) is 0 Å². The van der Waals surface area contributed by atoms with Crippen molar-refractivity contribution in [3.05, 3.63) is 41.8 Å². The van der Waals surface area contributed by atoms with Crippen molar-refractivity contribution in [1.29, 1.82) is 0 Å². The fraction of sp³-hybridized carbons (Fsp3) is 0.444. The summed E-state index contributed by atoms with van der Waals surface area (Å²) in [6, 6.07) is 7.70. The van der Waals surface area contributed by atoms with E-state index in [1.807, 2.05) is 29.2 Å². The third-order valence-corrected chi connectivity index (χ3v) is 4.70. The van der Waals surface area contributed by atoms with Crippen molar-refractivity contribution in [1.82, 2.24) is 15.0 Å². The number of ether oxygens (including phenoxy) is 1. The number of benzene rings is 1. The summed E-state index contributed by atoms with van der Waals surface area (Å²) in [5.74, 6) is 0.936. The van der Waals surface area contributed by atoms with Crippen LogP contribution >= 0.6 is 0 Å². The van der Waals surface area contributed by atoms with Crippen LogP contribution in [0.15, 0.2) is 35.1 Å². The van der Waals surface area contributed by atoms with E-state index in [0.29, 0.717) is 13.1 Å². The molecule has 1 aromatic heterocycles. The van der Waals surface area contributed by atoms with Gasteiger partial charge in [0.15, 0.2) is 0 Å². The highest BCUT2D eigenvalue weighted by molar-refractivity contribution is 5.89. The first kappa shape index (κ1) is 16.0. The smallest absolute Gasteiger partial charge is 0.321 e. The Morgan fingerprint density at radius 1 is 1.20 bits per heavy atom. The summed E-state index contributed by atoms with van der Waals surface area (Å²) < 4.78 is 10.5. The first-order valence-corrected chi connectivity index (χ1v) is 8.71. The van der Waals surface area contributed by atoms with Gasteiger partial charge in [-0.25, -0.2) is 4.79 Å². The molecule has 2 aliphatic heterocycles. The van der Waals surface area contributed by atoms with Crippen molar-refractivity contribution in [2.24, 2.45) is 0 Å². The molecule has 0 saturated carbocycles. The Bertz CT molecular complexity index is 724. The minimum atomic E-state index is -0.0437. The number of carbonyl (C=O) groups excluding carboxylic acids is 1. The number of aromatic nitrogens is 1. The summed E-state index contributed by atoms with van der Waals surface area (Å²) in [6.45, 7) is 4.61. The lowest BCUT2D eigenvalue weighted by atomic mass is 10.1. The molecule has 0 radical (unpaired) electrons. The van der Waals surface area contributed by atoms with E-state index in [-0.39, 0.29) is 6.03 Å². The van der Waals surface area contributed by atoms with Crippen LogP contribution in [-0.4, -0.2) is 53.8 Å². The molecule has 1 N–H and O–H groups in total. The summed E-state index contributed by atoms with van der Waals surface area (Å²) in [5.41, 5.74) is 2.93. The lowest BCUT2D eigenvalue weighted by Gasteiger charge is -2.34. The zero-order valence-corrected chi connectivity index (χ0v) is 14.1. The van der Waals surface area contributed by atoms with Gasteiger partial charge in [-0.05, 0) is 36.6 Å². The number of carbonyl (C=O) groups is 1. The molecule has 7 heteroatoms. The van der Waals surface area contributed by atoms with Crippen LogP contribution in [0.25, 0.3) is 0 Å². The van der Waals surface area contributed by atoms with Crippen LogP contribution in [0.1, 0.15) is 17.7 Å². The van der Waals surface area contributed by atoms with E-state index in [0.717, 1.165) is 56.2 Å². The number of piperazine rings is 1. The zero-order valence-electron chi connectivity index (χ0n) is 14.1. The number of anilines is 1. The Labute approximate surface area is 146 Å². The molecule has 1 saturated heterocycles. The number of urea groups is 1. The van der Waals surface area contributed by atoms with Crippen LogP contribution in [-0.2, 0) is 13.0 Å². The Morgan fingerprint density at radius 2 is 2.08 bits per heavy atom. The highest BCUT2D eigenvalue weighted by Gasteiger charge is 2.22. The summed E-state index contributed by atoms with van der Waals surface area (Å²) in [5, 5.41) is 6.94. The molecule has 3 heterocycles. The Kier molecular flexibility index (Phi) is 4.56. The molecular formula is C18H22N4O3. The second-order valence-corrected chi connectivity index (χ2v) is 6.46. The van der Waals surface area contributed by atoms with Crippen molar-refractivity contribution >= 4 is 11.7 Å². The van der Waals surface area contributed by atoms with Gasteiger partial charge < -0.3 is 19.5 Å². The molecule has 132 valence electrons. The quantitative estimate of drug-likeness (QED) is 0.927. The molecular weight excluding hydrogens is 320 g/mol. The molecule has 0 aliphatic carbocycles. The van der Waals surface area contributed by atoms with E-state index >= 15 is 0 Å². The molecule has 2 aromatic rings. The molecule has 25 heavy (non-hydrogen) atoms. The van der Waals surface area contributed by atoms with Gasteiger partial charge in [0.25, 0.3) is 0 Å². The van der Waals surface area contributed by atoms with E-state index in [2.05, 4.69) is 15.4 Å². The second-order valence-electron chi connectivity index (χ2n) is 6.46. The van der Waals surface area contributed by atoms with E-state index in [9.17, 15) is 4.79 Å². The molecule has 2 amide bonds. The summed E-state index contributed by atoms with van der Waals surface area (Å²) in [6.07, 6.45) is 3.61. The minimum absolute atomic E-state index is 0.0437. The van der Waals surface area contributed by atoms with E-state index < -0.39 is 0 Å². The third-order valence-electron chi connectivity index (χ3n) is 4.70. The molecule has 0 spiro atoms. The van der Waals surface area contributed by atoms with Crippen molar-refractivity contribution in [2.75, 3.05) is 38.1 Å². The van der Waals surface area contributed by atoms with Crippen LogP contribution in [0, 0.1) is 0 Å². The fourth-order valence-corrected chi connectivity index (χ4v) is 3.30. The molecule has 1 aromatic carbocycles. The highest BCUT2D eigenvalue weighted by atomic mass is 16.5. The number of hydrogen-bond acceptors (Lipinski definition) is 5. The third kappa shape index (κ3) is 3.76. The molecule has 7 nitrogen and oxygen atoms in total. The fourth-order valence-electron chi connectivity index (χ4n) is 3.30. The normalized spacial score (nSPS) is 17.7. The number of nitrogens with one attached hydrogen (secondary N) is 1. The first-order valence-electron chi connectivity index (χ1n) is 8.71. The maximum Gasteiger partial charge on any atom is 0.321 e. The number of amides is 2. The molecule has 4 rings (SSSR count). The predicted molar refractivity (Wildman–Crippen MR) is 92.6 cm³/mol. The van der Waals surface area contributed by atoms with Crippen molar-refractivity contribution in [2.45, 2.75) is 19.4 Å². The molecule has 0 unspecified atom stereocenters. The van der Waals surface area contributed by atoms with Crippen molar-refractivity contribution in [3.8, 4) is 5.75 Å². The van der Waals surface area contributed by atoms with Gasteiger partial charge in [0, 0.05) is 44.5 Å². The number of fused-ring (bicyclic) bond motifs is 1. The van der Waals surface area contributed by atoms with Gasteiger partial charge in [0.1, 0.15) is 12.0 Å². The predicted octanol–water partition coefficient (Wildman–Crippen LogP) is 2.35. The monoisotopic (exact) mass is 342 g/mol. The van der Waals surface area contributed by atoms with Gasteiger partial charge in [0.05, 0.1) is 12.3 Å². The average molecular weight is 342 g/mol. The number of hydrogen-bond donors (Lipinski definition) is 1. The molecule has 0 atom stereocenters. The highest BCUT2D eigenvalue weighted by Crippen LogP contribution is 2.27. The van der Waals surface area contributed by atoms with Gasteiger partial charge in [-0.3, -0.25) is 4.90 Å². The number of nitrogens with zero attached hydrogens (tertiary/aromatic N) is 3. The maximum atomic E-state index is 12.5. The number of aryl methyl sites for hydroxylation is 1. The molecule has 0 bridgehead atoms. The van der Waals surface area contributed by atoms with Gasteiger partial charge in [-0.2, -0.15) is 0 Å². The SMILES string of the molecule is O=C(Nc1ccc2c(c1)CCCO2)N1CCN(Cc2ccon2)CC1. The van der Waals surface area contributed by atoms with Crippen molar-refractivity contribution in [3.63, 3.8) is 0 Å². The standard InChI is InChI=1S/C18H22N4O3/c23-18(19-15-3-4-17-14(12-15)2-1-10-24-17)22-8-6-21(7-9-22)13-16-5-11-25-20-16/h3-5,11-12H,1-2,6-10,13H2,(H,19,23). The van der Waals surface area contributed by atoms with Gasteiger partial charge >= 0.3 is 6.03 Å². The Hall–Kier alpha value is -2.54. The van der Waals surface area contributed by atoms with Crippen molar-refractivity contribution < 1.29 is 14.1 Å². The van der Waals surface area contributed by atoms with E-state index in [1.54, 1.807) is 6.26 Å². The molecule has 2 aliphatic rings. The van der Waals surface area contributed by atoms with Crippen LogP contribution < -0.4 is 10.1 Å². The topological polar surface area (TPSA) is 70.8 Å². The largest absolute Gasteiger partial charge is 0.493 e. The molecule has 1 fully saturated rings. The second kappa shape index (κ2) is 7.14. The zero-order chi connectivity index (χ0) is 17.1. The van der Waals surface area contributed by atoms with Crippen LogP contribution in [0.3, 0.4) is 0 Å². The van der Waals surface area contributed by atoms with Crippen LogP contribution in [0.5, 0.6) is 5.75 Å². The minimum Gasteiger partial charge on any atom is -0.493 e. The summed E-state index contributed by atoms with van der Waals surface area (Å²) >= 11 is 0. The number of rotatable bonds is 3. The van der Waals surface area contributed by atoms with Gasteiger partial charge in [-0.1, -0.05) is 5.16 Å². The lowest BCUT2D eigenvalue weighted by Crippen LogP contribution is -2.49. The first-order chi connectivity index (χ1) is 12.3. The van der Waals surface area contributed by atoms with Gasteiger partial charge in [0.2, 0.25) is 0 Å². The Balaban J connectivity index is 1.30. The van der Waals surface area contributed by atoms with Gasteiger partial charge in [-0.15, -0.1) is 0 Å². The maximum absolute atomic E-state index is 12.5. The van der Waals surface area contributed by atoms with Crippen LogP contribution in [0.4, 0.5) is 10.5 Å². The summed E-state index contributed by atoms with van der Waals surface area (Å²) in [7, 11) is 0. The summed E-state index contributed by atoms with van der Waals surface area (Å²) in [4.78, 5) is 16.6. The average Bonchev–Trinajstić information content (AvgIpc) is 3.15. The lowest BCUT2D eigenvalue weighted by molar-refractivity contribution is 0.141. The van der Waals surface area contributed by atoms with E-state index in [4.69, 9.17) is 9.26 Å².